The van der Waals surface area contributed by atoms with E-state index >= 15 is 0 Å². The van der Waals surface area contributed by atoms with Crippen LogP contribution in [0.3, 0.4) is 0 Å². The van der Waals surface area contributed by atoms with E-state index in [9.17, 15) is 18.0 Å². The van der Waals surface area contributed by atoms with Gasteiger partial charge >= 0.3 is 12.2 Å². The van der Waals surface area contributed by atoms with Crippen molar-refractivity contribution in [2.75, 3.05) is 5.32 Å². The highest BCUT2D eigenvalue weighted by Gasteiger charge is 2.30. The number of urea groups is 1. The summed E-state index contributed by atoms with van der Waals surface area (Å²) in [5.41, 5.74) is -0.000279. The highest BCUT2D eigenvalue weighted by Crippen LogP contribution is 2.31. The van der Waals surface area contributed by atoms with E-state index in [1.165, 1.54) is 13.0 Å². The molecule has 0 aliphatic rings. The first kappa shape index (κ1) is 20.6. The van der Waals surface area contributed by atoms with Crippen molar-refractivity contribution in [1.82, 2.24) is 5.32 Å². The van der Waals surface area contributed by atoms with Crippen LogP contribution >= 0.6 is 0 Å². The Hall–Kier alpha value is -1.72. The van der Waals surface area contributed by atoms with E-state index in [0.29, 0.717) is 11.3 Å². The average molecular weight is 292 g/mol. The Morgan fingerprint density at radius 3 is 2.15 bits per heavy atom. The molecule has 0 aliphatic carbocycles. The van der Waals surface area contributed by atoms with Crippen LogP contribution in [0.2, 0.25) is 0 Å². The number of nitrogens with one attached hydrogen (secondary N) is 2. The standard InChI is InChI=1S/C12H15F3N2O.2CH4/c1-7(2)16-11(18)17-10-5-4-9(6-8(10)3)12(13,14)15;;/h4-7H,1-3H3,(H2,16,17,18);2*1H4. The summed E-state index contributed by atoms with van der Waals surface area (Å²) in [6.07, 6.45) is -4.37. The molecule has 0 aromatic heterocycles. The fourth-order valence-corrected chi connectivity index (χ4v) is 1.40. The van der Waals surface area contributed by atoms with E-state index in [0.717, 1.165) is 12.1 Å². The number of aryl methyl sites for hydroxylation is 1. The fourth-order valence-electron chi connectivity index (χ4n) is 1.40. The van der Waals surface area contributed by atoms with Crippen LogP contribution in [0.4, 0.5) is 23.7 Å². The number of hydrogen-bond acceptors (Lipinski definition) is 1. The van der Waals surface area contributed by atoms with Gasteiger partial charge in [0.25, 0.3) is 0 Å². The van der Waals surface area contributed by atoms with E-state index in [1.807, 2.05) is 0 Å². The number of hydrogen-bond donors (Lipinski definition) is 2. The number of alkyl halides is 3. The molecule has 0 saturated heterocycles. The first-order valence-electron chi connectivity index (χ1n) is 5.45. The van der Waals surface area contributed by atoms with Crippen molar-refractivity contribution in [2.45, 2.75) is 47.8 Å². The van der Waals surface area contributed by atoms with E-state index in [4.69, 9.17) is 0 Å². The van der Waals surface area contributed by atoms with Crippen LogP contribution in [-0.4, -0.2) is 12.1 Å². The number of anilines is 1. The Kier molecular flexibility index (Phi) is 8.00. The van der Waals surface area contributed by atoms with Crippen molar-refractivity contribution in [2.24, 2.45) is 0 Å². The van der Waals surface area contributed by atoms with Crippen LogP contribution in [0.5, 0.6) is 0 Å². The van der Waals surface area contributed by atoms with Gasteiger partial charge in [0.15, 0.2) is 0 Å². The van der Waals surface area contributed by atoms with Crippen LogP contribution in [0, 0.1) is 6.92 Å². The largest absolute Gasteiger partial charge is 0.416 e. The minimum atomic E-state index is -4.37. The molecule has 0 spiro atoms. The summed E-state index contributed by atoms with van der Waals surface area (Å²) in [5.74, 6) is 0. The van der Waals surface area contributed by atoms with Crippen LogP contribution in [0.1, 0.15) is 39.8 Å². The van der Waals surface area contributed by atoms with Gasteiger partial charge < -0.3 is 10.6 Å². The van der Waals surface area contributed by atoms with Gasteiger partial charge in [-0.2, -0.15) is 13.2 Å². The first-order valence-corrected chi connectivity index (χ1v) is 5.45. The van der Waals surface area contributed by atoms with Crippen molar-refractivity contribution < 1.29 is 18.0 Å². The summed E-state index contributed by atoms with van der Waals surface area (Å²) in [6, 6.07) is 2.72. The Bertz CT molecular complexity index is 443. The van der Waals surface area contributed by atoms with Crippen molar-refractivity contribution in [3.63, 3.8) is 0 Å². The molecule has 1 aromatic carbocycles. The lowest BCUT2D eigenvalue weighted by molar-refractivity contribution is -0.137. The normalized spacial score (nSPS) is 10.3. The van der Waals surface area contributed by atoms with Gasteiger partial charge in [-0.05, 0) is 44.5 Å². The number of amides is 2. The zero-order valence-electron chi connectivity index (χ0n) is 10.4. The van der Waals surface area contributed by atoms with Gasteiger partial charge in [0, 0.05) is 11.7 Å². The lowest BCUT2D eigenvalue weighted by atomic mass is 10.1. The van der Waals surface area contributed by atoms with Gasteiger partial charge in [-0.15, -0.1) is 0 Å². The van der Waals surface area contributed by atoms with Gasteiger partial charge in [-0.3, -0.25) is 0 Å². The molecule has 0 atom stereocenters. The third kappa shape index (κ3) is 5.95. The summed E-state index contributed by atoms with van der Waals surface area (Å²) >= 11 is 0. The topological polar surface area (TPSA) is 41.1 Å². The van der Waals surface area contributed by atoms with Crippen molar-refractivity contribution >= 4 is 11.7 Å². The zero-order chi connectivity index (χ0) is 13.9. The minimum absolute atomic E-state index is 0. The molecule has 0 radical (unpaired) electrons. The second-order valence-electron chi connectivity index (χ2n) is 4.28. The van der Waals surface area contributed by atoms with Gasteiger partial charge in [-0.25, -0.2) is 4.79 Å². The van der Waals surface area contributed by atoms with Gasteiger partial charge in [0.1, 0.15) is 0 Å². The van der Waals surface area contributed by atoms with Gasteiger partial charge in [0.2, 0.25) is 0 Å². The van der Waals surface area contributed by atoms with Crippen LogP contribution in [-0.2, 0) is 6.18 Å². The van der Waals surface area contributed by atoms with Crippen molar-refractivity contribution in [3.05, 3.63) is 29.3 Å². The third-order valence-corrected chi connectivity index (χ3v) is 2.22. The lowest BCUT2D eigenvalue weighted by Crippen LogP contribution is -2.34. The average Bonchev–Trinajstić information content (AvgIpc) is 2.18. The predicted octanol–water partition coefficient (Wildman–Crippen LogP) is 4.82. The summed E-state index contributed by atoms with van der Waals surface area (Å²) in [6.45, 7) is 5.10. The van der Waals surface area contributed by atoms with Crippen molar-refractivity contribution in [3.8, 4) is 0 Å². The second-order valence-corrected chi connectivity index (χ2v) is 4.28. The maximum absolute atomic E-state index is 12.4. The molecule has 20 heavy (non-hydrogen) atoms. The van der Waals surface area contributed by atoms with E-state index < -0.39 is 17.8 Å². The highest BCUT2D eigenvalue weighted by molar-refractivity contribution is 5.90. The van der Waals surface area contributed by atoms with Gasteiger partial charge in [-0.1, -0.05) is 14.9 Å². The molecule has 2 N–H and O–H groups in total. The minimum Gasteiger partial charge on any atom is -0.336 e. The summed E-state index contributed by atoms with van der Waals surface area (Å²) in [5, 5.41) is 5.09. The SMILES string of the molecule is C.C.Cc1cc(C(F)(F)F)ccc1NC(=O)NC(C)C. The predicted molar refractivity (Wildman–Crippen MR) is 76.9 cm³/mol. The summed E-state index contributed by atoms with van der Waals surface area (Å²) in [4.78, 5) is 11.4. The zero-order valence-corrected chi connectivity index (χ0v) is 10.4. The fraction of sp³-hybridized carbons (Fsp3) is 0.500. The van der Waals surface area contributed by atoms with E-state index in [1.54, 1.807) is 13.8 Å². The van der Waals surface area contributed by atoms with Crippen molar-refractivity contribution in [1.29, 1.82) is 0 Å². The smallest absolute Gasteiger partial charge is 0.336 e. The summed E-state index contributed by atoms with van der Waals surface area (Å²) < 4.78 is 37.3. The molecular formula is C14H23F3N2O. The second kappa shape index (κ2) is 7.77. The number of benzene rings is 1. The lowest BCUT2D eigenvalue weighted by Gasteiger charge is -2.13. The Morgan fingerprint density at radius 1 is 1.20 bits per heavy atom. The molecule has 0 saturated carbocycles. The van der Waals surface area contributed by atoms with Crippen LogP contribution < -0.4 is 10.6 Å². The molecule has 0 aliphatic heterocycles. The van der Waals surface area contributed by atoms with Crippen LogP contribution in [0.15, 0.2) is 18.2 Å². The molecule has 1 aromatic rings. The summed E-state index contributed by atoms with van der Waals surface area (Å²) in [7, 11) is 0. The first-order chi connectivity index (χ1) is 8.20. The third-order valence-electron chi connectivity index (χ3n) is 2.22. The highest BCUT2D eigenvalue weighted by atomic mass is 19.4. The molecule has 0 bridgehead atoms. The molecule has 1 rings (SSSR count). The number of carbonyl (C=O) groups is 1. The molecular weight excluding hydrogens is 269 g/mol. The molecule has 2 amide bonds. The Labute approximate surface area is 118 Å². The van der Waals surface area contributed by atoms with E-state index in [-0.39, 0.29) is 20.9 Å². The van der Waals surface area contributed by atoms with Gasteiger partial charge in [0.05, 0.1) is 5.56 Å². The quantitative estimate of drug-likeness (QED) is 0.806. The number of rotatable bonds is 2. The maximum atomic E-state index is 12.4. The Balaban J connectivity index is 0. The molecule has 3 nitrogen and oxygen atoms in total. The van der Waals surface area contributed by atoms with Crippen LogP contribution in [0.25, 0.3) is 0 Å². The maximum Gasteiger partial charge on any atom is 0.416 e. The molecule has 0 heterocycles. The number of halogens is 3. The van der Waals surface area contributed by atoms with E-state index in [2.05, 4.69) is 10.6 Å². The molecule has 116 valence electrons. The Morgan fingerprint density at radius 2 is 1.75 bits per heavy atom. The number of carbonyl (C=O) groups excluding carboxylic acids is 1. The molecule has 0 fully saturated rings. The monoisotopic (exact) mass is 292 g/mol. The molecule has 6 heteroatoms. The molecule has 0 unspecified atom stereocenters.